The molecule has 6 heteroatoms. The number of nitrogens with zero attached hydrogens (tertiary/aromatic N) is 2. The maximum Gasteiger partial charge on any atom is 0.357 e. The van der Waals surface area contributed by atoms with E-state index in [-0.39, 0.29) is 5.28 Å². The van der Waals surface area contributed by atoms with Crippen molar-refractivity contribution >= 4 is 17.6 Å². The fourth-order valence-corrected chi connectivity index (χ4v) is 2.11. The predicted octanol–water partition coefficient (Wildman–Crippen LogP) is 2.98. The van der Waals surface area contributed by atoms with Crippen molar-refractivity contribution in [3.05, 3.63) is 52.8 Å². The van der Waals surface area contributed by atoms with Gasteiger partial charge in [0.1, 0.15) is 0 Å². The molecule has 1 unspecified atom stereocenters. The van der Waals surface area contributed by atoms with E-state index in [0.29, 0.717) is 0 Å². The molecule has 0 spiro atoms. The van der Waals surface area contributed by atoms with Gasteiger partial charge in [0.15, 0.2) is 5.69 Å². The number of carboxylic acid groups (broad SMARTS) is 1. The second kappa shape index (κ2) is 4.78. The van der Waals surface area contributed by atoms with Crippen molar-refractivity contribution in [2.75, 3.05) is 0 Å². The molecule has 18 heavy (non-hydrogen) atoms. The number of hydrogen-bond acceptors (Lipinski definition) is 2. The number of aromatic nitrogens is 2. The first-order chi connectivity index (χ1) is 8.52. The molecule has 0 fully saturated rings. The first kappa shape index (κ1) is 12.6. The Kier molecular flexibility index (Phi) is 3.34. The third kappa shape index (κ3) is 2.09. The lowest BCUT2D eigenvalue weighted by atomic mass is 10.1. The van der Waals surface area contributed by atoms with Gasteiger partial charge in [0, 0.05) is 0 Å². The van der Waals surface area contributed by atoms with Crippen LogP contribution >= 0.6 is 11.6 Å². The van der Waals surface area contributed by atoms with Crippen molar-refractivity contribution in [2.45, 2.75) is 13.0 Å². The summed E-state index contributed by atoms with van der Waals surface area (Å²) in [5.74, 6) is -2.47. The first-order valence-electron chi connectivity index (χ1n) is 5.24. The molecular formula is C12H10ClFN2O2. The molecule has 1 aromatic carbocycles. The van der Waals surface area contributed by atoms with Crippen LogP contribution in [0.2, 0.25) is 5.28 Å². The second-order valence-corrected chi connectivity index (χ2v) is 4.12. The van der Waals surface area contributed by atoms with E-state index < -0.39 is 23.7 Å². The summed E-state index contributed by atoms with van der Waals surface area (Å²) in [6.45, 7) is 1.73. The molecular weight excluding hydrogens is 259 g/mol. The fraction of sp³-hybridized carbons (Fsp3) is 0.167. The van der Waals surface area contributed by atoms with Gasteiger partial charge in [-0.15, -0.1) is 0 Å². The minimum Gasteiger partial charge on any atom is -0.476 e. The molecule has 0 radical (unpaired) electrons. The first-order valence-corrected chi connectivity index (χ1v) is 5.61. The predicted molar refractivity (Wildman–Crippen MR) is 64.4 cm³/mol. The highest BCUT2D eigenvalue weighted by Crippen LogP contribution is 2.26. The van der Waals surface area contributed by atoms with Crippen LogP contribution in [0, 0.1) is 5.95 Å². The zero-order chi connectivity index (χ0) is 13.3. The Morgan fingerprint density at radius 1 is 1.44 bits per heavy atom. The van der Waals surface area contributed by atoms with Gasteiger partial charge in [-0.25, -0.2) is 4.79 Å². The average molecular weight is 269 g/mol. The van der Waals surface area contributed by atoms with Crippen molar-refractivity contribution in [3.63, 3.8) is 0 Å². The molecule has 0 aliphatic rings. The van der Waals surface area contributed by atoms with E-state index in [1.165, 1.54) is 0 Å². The lowest BCUT2D eigenvalue weighted by Crippen LogP contribution is -2.15. The molecule has 0 saturated carbocycles. The Labute approximate surface area is 108 Å². The molecule has 0 saturated heterocycles. The topological polar surface area (TPSA) is 55.1 Å². The number of carbonyl (C=O) groups is 1. The van der Waals surface area contributed by atoms with Gasteiger partial charge in [-0.05, 0) is 24.1 Å². The maximum absolute atomic E-state index is 13.4. The molecule has 1 N–H and O–H groups in total. The summed E-state index contributed by atoms with van der Waals surface area (Å²) in [7, 11) is 0. The standard InChI is InChI=1S/C12H10ClFN2O2/c1-7(8-5-3-2-4-6-8)16-9(11(17)18)10(14)15-12(16)13/h2-7H,1H3,(H,17,18). The Morgan fingerprint density at radius 2 is 2.06 bits per heavy atom. The summed E-state index contributed by atoms with van der Waals surface area (Å²) < 4.78 is 14.6. The highest BCUT2D eigenvalue weighted by molar-refractivity contribution is 6.28. The number of aromatic carboxylic acids is 1. The van der Waals surface area contributed by atoms with Crippen LogP contribution in [0.1, 0.15) is 29.0 Å². The number of hydrogen-bond donors (Lipinski definition) is 1. The Morgan fingerprint density at radius 3 is 2.61 bits per heavy atom. The minimum atomic E-state index is -1.39. The smallest absolute Gasteiger partial charge is 0.357 e. The molecule has 0 bridgehead atoms. The van der Waals surface area contributed by atoms with E-state index >= 15 is 0 Å². The van der Waals surface area contributed by atoms with Crippen molar-refractivity contribution in [1.82, 2.24) is 9.55 Å². The molecule has 2 rings (SSSR count). The van der Waals surface area contributed by atoms with Gasteiger partial charge in [0.2, 0.25) is 11.2 Å². The van der Waals surface area contributed by atoms with E-state index in [9.17, 15) is 9.18 Å². The summed E-state index contributed by atoms with van der Waals surface area (Å²) >= 11 is 5.79. The van der Waals surface area contributed by atoms with Gasteiger partial charge in [0.05, 0.1) is 6.04 Å². The van der Waals surface area contributed by atoms with Crippen LogP contribution in [-0.4, -0.2) is 20.6 Å². The zero-order valence-electron chi connectivity index (χ0n) is 9.47. The van der Waals surface area contributed by atoms with Crippen molar-refractivity contribution in [2.24, 2.45) is 0 Å². The van der Waals surface area contributed by atoms with E-state index in [0.717, 1.165) is 10.1 Å². The molecule has 94 valence electrons. The lowest BCUT2D eigenvalue weighted by Gasteiger charge is -2.16. The number of benzene rings is 1. The fourth-order valence-electron chi connectivity index (χ4n) is 1.80. The van der Waals surface area contributed by atoms with Gasteiger partial charge in [-0.1, -0.05) is 30.3 Å². The highest BCUT2D eigenvalue weighted by atomic mass is 35.5. The quantitative estimate of drug-likeness (QED) is 0.931. The summed E-state index contributed by atoms with van der Waals surface area (Å²) in [6.07, 6.45) is 0. The Balaban J connectivity index is 2.55. The molecule has 0 amide bonds. The molecule has 2 aromatic rings. The molecule has 1 aromatic heterocycles. The van der Waals surface area contributed by atoms with Gasteiger partial charge < -0.3 is 5.11 Å². The van der Waals surface area contributed by atoms with Crippen molar-refractivity contribution in [1.29, 1.82) is 0 Å². The molecule has 4 nitrogen and oxygen atoms in total. The number of halogens is 2. The van der Waals surface area contributed by atoms with E-state index in [1.54, 1.807) is 6.92 Å². The number of rotatable bonds is 3. The van der Waals surface area contributed by atoms with Crippen molar-refractivity contribution < 1.29 is 14.3 Å². The Hall–Kier alpha value is -1.88. The van der Waals surface area contributed by atoms with Crippen LogP contribution in [-0.2, 0) is 0 Å². The monoisotopic (exact) mass is 268 g/mol. The van der Waals surface area contributed by atoms with Crippen LogP contribution in [0.4, 0.5) is 4.39 Å². The lowest BCUT2D eigenvalue weighted by molar-refractivity contribution is 0.0678. The number of carboxylic acids is 1. The van der Waals surface area contributed by atoms with Crippen LogP contribution < -0.4 is 0 Å². The van der Waals surface area contributed by atoms with Gasteiger partial charge >= 0.3 is 5.97 Å². The zero-order valence-corrected chi connectivity index (χ0v) is 10.2. The average Bonchev–Trinajstić information content (AvgIpc) is 2.64. The van der Waals surface area contributed by atoms with Crippen LogP contribution in [0.15, 0.2) is 30.3 Å². The largest absolute Gasteiger partial charge is 0.476 e. The minimum absolute atomic E-state index is 0.179. The summed E-state index contributed by atoms with van der Waals surface area (Å²) in [5, 5.41) is 8.82. The van der Waals surface area contributed by atoms with E-state index in [2.05, 4.69) is 4.98 Å². The normalized spacial score (nSPS) is 12.4. The second-order valence-electron chi connectivity index (χ2n) is 3.78. The van der Waals surface area contributed by atoms with Crippen LogP contribution in [0.5, 0.6) is 0 Å². The third-order valence-electron chi connectivity index (χ3n) is 2.70. The summed E-state index contributed by atoms with van der Waals surface area (Å²) in [5.41, 5.74) is 0.288. The maximum atomic E-state index is 13.4. The summed E-state index contributed by atoms with van der Waals surface area (Å²) in [4.78, 5) is 14.4. The molecule has 0 aliphatic carbocycles. The van der Waals surface area contributed by atoms with Gasteiger partial charge in [0.25, 0.3) is 0 Å². The number of imidazole rings is 1. The third-order valence-corrected chi connectivity index (χ3v) is 2.96. The van der Waals surface area contributed by atoms with E-state index in [4.69, 9.17) is 16.7 Å². The van der Waals surface area contributed by atoms with Gasteiger partial charge in [-0.3, -0.25) is 4.57 Å². The SMILES string of the molecule is CC(c1ccccc1)n1c(Cl)nc(F)c1C(=O)O. The van der Waals surface area contributed by atoms with E-state index in [1.807, 2.05) is 30.3 Å². The van der Waals surface area contributed by atoms with Crippen LogP contribution in [0.25, 0.3) is 0 Å². The molecule has 1 atom stereocenters. The molecule has 1 heterocycles. The highest BCUT2D eigenvalue weighted by Gasteiger charge is 2.25. The van der Waals surface area contributed by atoms with Crippen molar-refractivity contribution in [3.8, 4) is 0 Å². The Bertz CT molecular complexity index is 583. The molecule has 0 aliphatic heterocycles. The van der Waals surface area contributed by atoms with Gasteiger partial charge in [-0.2, -0.15) is 9.37 Å². The van der Waals surface area contributed by atoms with Crippen LogP contribution in [0.3, 0.4) is 0 Å². The summed E-state index contributed by atoms with van der Waals surface area (Å²) in [6, 6.07) is 8.67.